The van der Waals surface area contributed by atoms with Crippen molar-refractivity contribution < 1.29 is 17.2 Å². The lowest BCUT2D eigenvalue weighted by Gasteiger charge is -2.37. The van der Waals surface area contributed by atoms with Crippen molar-refractivity contribution in [2.45, 2.75) is 25.5 Å². The Labute approximate surface area is 88.5 Å². The minimum absolute atomic E-state index is 0.117. The van der Waals surface area contributed by atoms with E-state index in [4.69, 9.17) is 5.73 Å². The smallest absolute Gasteiger partial charge is 0.330 e. The van der Waals surface area contributed by atoms with Gasteiger partial charge in [0, 0.05) is 13.1 Å². The number of hydrogen-bond donors (Lipinski definition) is 1. The summed E-state index contributed by atoms with van der Waals surface area (Å²) in [4.78, 5) is 0. The molecule has 0 aromatic heterocycles. The van der Waals surface area contributed by atoms with Crippen LogP contribution in [-0.2, 0) is 10.0 Å². The zero-order valence-electron chi connectivity index (χ0n) is 8.62. The van der Waals surface area contributed by atoms with Gasteiger partial charge >= 0.3 is 5.76 Å². The molecule has 0 unspecified atom stereocenters. The van der Waals surface area contributed by atoms with Gasteiger partial charge < -0.3 is 5.73 Å². The first-order valence-corrected chi connectivity index (χ1v) is 6.29. The third-order valence-electron chi connectivity index (χ3n) is 3.01. The summed E-state index contributed by atoms with van der Waals surface area (Å²) in [5.41, 5.74) is 5.42. The zero-order valence-corrected chi connectivity index (χ0v) is 9.43. The van der Waals surface area contributed by atoms with Crippen LogP contribution >= 0.6 is 0 Å². The van der Waals surface area contributed by atoms with Crippen molar-refractivity contribution in [2.24, 2.45) is 11.1 Å². The molecule has 2 N–H and O–H groups in total. The lowest BCUT2D eigenvalue weighted by molar-refractivity contribution is 0.164. The lowest BCUT2D eigenvalue weighted by atomic mass is 9.81. The SMILES string of the molecule is CC1(CN)CCN(S(=O)(=O)C(F)F)CC1. The standard InChI is InChI=1S/C8H16F2N2O2S/c1-8(6-11)2-4-12(5-3-8)15(13,14)7(9)10/h7H,2-6,11H2,1H3. The van der Waals surface area contributed by atoms with E-state index in [0.717, 1.165) is 4.31 Å². The first kappa shape index (κ1) is 12.8. The van der Waals surface area contributed by atoms with Gasteiger partial charge in [0.2, 0.25) is 0 Å². The fourth-order valence-corrected chi connectivity index (χ4v) is 2.51. The maximum Gasteiger partial charge on any atom is 0.350 e. The number of rotatable bonds is 3. The van der Waals surface area contributed by atoms with E-state index in [1.54, 1.807) is 0 Å². The molecule has 0 aromatic carbocycles. The van der Waals surface area contributed by atoms with E-state index in [1.807, 2.05) is 6.92 Å². The maximum absolute atomic E-state index is 12.2. The highest BCUT2D eigenvalue weighted by molar-refractivity contribution is 7.89. The Balaban J connectivity index is 2.66. The number of hydrogen-bond acceptors (Lipinski definition) is 3. The fourth-order valence-electron chi connectivity index (χ4n) is 1.60. The van der Waals surface area contributed by atoms with Crippen LogP contribution in [0.15, 0.2) is 0 Å². The predicted octanol–water partition coefficient (Wildman–Crippen LogP) is 0.600. The molecule has 1 heterocycles. The lowest BCUT2D eigenvalue weighted by Crippen LogP contribution is -2.46. The van der Waals surface area contributed by atoms with E-state index in [2.05, 4.69) is 0 Å². The van der Waals surface area contributed by atoms with Gasteiger partial charge in [0.1, 0.15) is 0 Å². The van der Waals surface area contributed by atoms with E-state index < -0.39 is 15.8 Å². The van der Waals surface area contributed by atoms with Gasteiger partial charge in [0.25, 0.3) is 10.0 Å². The highest BCUT2D eigenvalue weighted by Crippen LogP contribution is 2.31. The summed E-state index contributed by atoms with van der Waals surface area (Å²) < 4.78 is 47.5. The Morgan fingerprint density at radius 1 is 1.40 bits per heavy atom. The second kappa shape index (κ2) is 4.31. The van der Waals surface area contributed by atoms with Gasteiger partial charge in [-0.25, -0.2) is 8.42 Å². The first-order valence-electron chi connectivity index (χ1n) is 4.79. The average Bonchev–Trinajstić information content (AvgIpc) is 2.18. The molecule has 1 aliphatic heterocycles. The summed E-state index contributed by atoms with van der Waals surface area (Å²) in [6.07, 6.45) is 1.07. The summed E-state index contributed by atoms with van der Waals surface area (Å²) in [5, 5.41) is 0. The monoisotopic (exact) mass is 242 g/mol. The van der Waals surface area contributed by atoms with Gasteiger partial charge in [-0.2, -0.15) is 13.1 Å². The van der Waals surface area contributed by atoms with E-state index in [9.17, 15) is 17.2 Å². The van der Waals surface area contributed by atoms with E-state index >= 15 is 0 Å². The normalized spacial score (nSPS) is 23.3. The summed E-state index contributed by atoms with van der Waals surface area (Å²) in [7, 11) is -4.40. The van der Waals surface area contributed by atoms with Gasteiger partial charge in [-0.3, -0.25) is 0 Å². The molecule has 15 heavy (non-hydrogen) atoms. The van der Waals surface area contributed by atoms with Crippen molar-refractivity contribution in [2.75, 3.05) is 19.6 Å². The third kappa shape index (κ3) is 2.64. The van der Waals surface area contributed by atoms with Gasteiger partial charge in [-0.05, 0) is 24.8 Å². The van der Waals surface area contributed by atoms with Crippen LogP contribution in [0.4, 0.5) is 8.78 Å². The van der Waals surface area contributed by atoms with Crippen molar-refractivity contribution >= 4 is 10.0 Å². The second-order valence-corrected chi connectivity index (χ2v) is 6.12. The highest BCUT2D eigenvalue weighted by Gasteiger charge is 2.38. The van der Waals surface area contributed by atoms with Crippen molar-refractivity contribution in [1.82, 2.24) is 4.31 Å². The number of nitrogens with zero attached hydrogens (tertiary/aromatic N) is 1. The van der Waals surface area contributed by atoms with Crippen molar-refractivity contribution in [3.63, 3.8) is 0 Å². The van der Waals surface area contributed by atoms with Crippen LogP contribution in [0.5, 0.6) is 0 Å². The molecule has 1 aliphatic rings. The minimum Gasteiger partial charge on any atom is -0.330 e. The number of sulfonamides is 1. The largest absolute Gasteiger partial charge is 0.350 e. The van der Waals surface area contributed by atoms with Crippen molar-refractivity contribution in [3.05, 3.63) is 0 Å². The van der Waals surface area contributed by atoms with Crippen molar-refractivity contribution in [1.29, 1.82) is 0 Å². The average molecular weight is 242 g/mol. The van der Waals surface area contributed by atoms with E-state index in [0.29, 0.717) is 19.4 Å². The van der Waals surface area contributed by atoms with Crippen LogP contribution in [0.1, 0.15) is 19.8 Å². The van der Waals surface area contributed by atoms with Gasteiger partial charge in [-0.1, -0.05) is 6.92 Å². The fraction of sp³-hybridized carbons (Fsp3) is 1.00. The summed E-state index contributed by atoms with van der Waals surface area (Å²) in [6.45, 7) is 2.68. The number of piperidine rings is 1. The Hall–Kier alpha value is -0.270. The first-order chi connectivity index (χ1) is 6.82. The second-order valence-electron chi connectivity index (χ2n) is 4.22. The summed E-state index contributed by atoms with van der Waals surface area (Å²) in [6, 6.07) is 0. The van der Waals surface area contributed by atoms with Gasteiger partial charge in [0.15, 0.2) is 0 Å². The quantitative estimate of drug-likeness (QED) is 0.788. The molecule has 0 atom stereocenters. The summed E-state index contributed by atoms with van der Waals surface area (Å²) in [5.74, 6) is -3.32. The van der Waals surface area contributed by atoms with Crippen LogP contribution in [0.3, 0.4) is 0 Å². The van der Waals surface area contributed by atoms with Crippen LogP contribution in [0, 0.1) is 5.41 Å². The molecular weight excluding hydrogens is 226 g/mol. The van der Waals surface area contributed by atoms with Gasteiger partial charge in [0.05, 0.1) is 0 Å². The zero-order chi connectivity index (χ0) is 11.7. The molecule has 0 saturated carbocycles. The van der Waals surface area contributed by atoms with E-state index in [-0.39, 0.29) is 18.5 Å². The molecule has 7 heteroatoms. The molecule has 1 fully saturated rings. The minimum atomic E-state index is -4.40. The summed E-state index contributed by atoms with van der Waals surface area (Å²) >= 11 is 0. The maximum atomic E-state index is 12.2. The Kier molecular flexibility index (Phi) is 3.67. The molecule has 1 rings (SSSR count). The van der Waals surface area contributed by atoms with Gasteiger partial charge in [-0.15, -0.1) is 0 Å². The highest BCUT2D eigenvalue weighted by atomic mass is 32.2. The third-order valence-corrected chi connectivity index (χ3v) is 4.54. The topological polar surface area (TPSA) is 63.4 Å². The molecule has 1 saturated heterocycles. The Bertz CT molecular complexity index is 311. The molecule has 0 amide bonds. The molecule has 0 bridgehead atoms. The number of halogens is 2. The molecule has 0 aromatic rings. The Morgan fingerprint density at radius 3 is 2.20 bits per heavy atom. The van der Waals surface area contributed by atoms with Crippen LogP contribution in [-0.4, -0.2) is 38.1 Å². The molecule has 0 spiro atoms. The number of nitrogens with two attached hydrogens (primary N) is 1. The molecular formula is C8H16F2N2O2S. The van der Waals surface area contributed by atoms with Crippen LogP contribution < -0.4 is 5.73 Å². The predicted molar refractivity (Wildman–Crippen MR) is 52.9 cm³/mol. The molecule has 0 aliphatic carbocycles. The number of alkyl halides is 2. The van der Waals surface area contributed by atoms with Crippen LogP contribution in [0.2, 0.25) is 0 Å². The van der Waals surface area contributed by atoms with Crippen LogP contribution in [0.25, 0.3) is 0 Å². The van der Waals surface area contributed by atoms with Crippen molar-refractivity contribution in [3.8, 4) is 0 Å². The Morgan fingerprint density at radius 2 is 1.87 bits per heavy atom. The van der Waals surface area contributed by atoms with E-state index in [1.165, 1.54) is 0 Å². The molecule has 90 valence electrons. The molecule has 0 radical (unpaired) electrons. The molecule has 4 nitrogen and oxygen atoms in total.